The fourth-order valence-electron chi connectivity index (χ4n) is 2.52. The number of hydrogen-bond acceptors (Lipinski definition) is 5. The van der Waals surface area contributed by atoms with E-state index in [0.717, 1.165) is 0 Å². The molecule has 4 rings (SSSR count). The van der Waals surface area contributed by atoms with E-state index in [9.17, 15) is 9.59 Å². The summed E-state index contributed by atoms with van der Waals surface area (Å²) < 4.78 is 2.82. The Morgan fingerprint density at radius 3 is 2.80 bits per heavy atom. The lowest BCUT2D eigenvalue weighted by atomic mass is 10.3. The highest BCUT2D eigenvalue weighted by Crippen LogP contribution is 2.13. The predicted molar refractivity (Wildman–Crippen MR) is 91.2 cm³/mol. The van der Waals surface area contributed by atoms with Crippen LogP contribution in [0.3, 0.4) is 0 Å². The molecule has 0 aliphatic heterocycles. The Hall–Kier alpha value is -3.20. The Balaban J connectivity index is 1.74. The summed E-state index contributed by atoms with van der Waals surface area (Å²) in [6.45, 7) is 3.34. The minimum Gasteiger partial charge on any atom is -0.314 e. The highest BCUT2D eigenvalue weighted by molar-refractivity contribution is 6.30. The molecule has 0 radical (unpaired) electrons. The summed E-state index contributed by atoms with van der Waals surface area (Å²) in [5, 5.41) is 5.88. The molecule has 9 nitrogen and oxygen atoms in total. The lowest BCUT2D eigenvalue weighted by molar-refractivity contribution is 0.102. The Bertz CT molecular complexity index is 1200. The van der Waals surface area contributed by atoms with Gasteiger partial charge in [0.2, 0.25) is 0 Å². The van der Waals surface area contributed by atoms with E-state index < -0.39 is 11.5 Å². The molecule has 0 aromatic carbocycles. The van der Waals surface area contributed by atoms with Crippen molar-refractivity contribution in [2.75, 3.05) is 5.32 Å². The van der Waals surface area contributed by atoms with E-state index in [-0.39, 0.29) is 17.2 Å². The van der Waals surface area contributed by atoms with Crippen molar-refractivity contribution in [2.45, 2.75) is 13.8 Å². The Morgan fingerprint density at radius 1 is 1.20 bits per heavy atom. The van der Waals surface area contributed by atoms with E-state index in [1.807, 2.05) is 0 Å². The number of aromatic nitrogens is 6. The number of amides is 1. The molecule has 126 valence electrons. The SMILES string of the molecule is Cc1nc2nc(C)c(NC(=O)c3cn4cc(Cl)ccc4n3)c(=O)n2[nH]1. The molecule has 4 heterocycles. The first-order chi connectivity index (χ1) is 11.9. The molecule has 0 atom stereocenters. The van der Waals surface area contributed by atoms with Crippen molar-refractivity contribution >= 4 is 34.6 Å². The molecule has 0 bridgehead atoms. The molecule has 25 heavy (non-hydrogen) atoms. The minimum atomic E-state index is -0.516. The summed E-state index contributed by atoms with van der Waals surface area (Å²) in [5.41, 5.74) is 0.730. The monoisotopic (exact) mass is 357 g/mol. The van der Waals surface area contributed by atoms with Gasteiger partial charge in [-0.1, -0.05) is 11.6 Å². The van der Waals surface area contributed by atoms with Gasteiger partial charge >= 0.3 is 0 Å². The molecule has 0 aliphatic carbocycles. The van der Waals surface area contributed by atoms with E-state index in [4.69, 9.17) is 11.6 Å². The standard InChI is InChI=1S/C15H12ClN7O2/c1-7-12(14(25)23-15(17-7)18-8(2)21-23)20-13(24)10-6-22-5-9(16)3-4-11(22)19-10/h3-6H,1-2H3,(H,20,24)(H,17,18,21). The van der Waals surface area contributed by atoms with Gasteiger partial charge < -0.3 is 9.72 Å². The first-order valence-electron chi connectivity index (χ1n) is 7.34. The molecule has 0 spiro atoms. The van der Waals surface area contributed by atoms with Crippen LogP contribution in [0.1, 0.15) is 22.0 Å². The Morgan fingerprint density at radius 2 is 2.00 bits per heavy atom. The van der Waals surface area contributed by atoms with Crippen LogP contribution in [-0.4, -0.2) is 34.9 Å². The molecule has 4 aromatic rings. The van der Waals surface area contributed by atoms with E-state index >= 15 is 0 Å². The molecule has 0 aliphatic rings. The number of imidazole rings is 1. The minimum absolute atomic E-state index is 0.0706. The highest BCUT2D eigenvalue weighted by atomic mass is 35.5. The van der Waals surface area contributed by atoms with Crippen molar-refractivity contribution < 1.29 is 4.79 Å². The van der Waals surface area contributed by atoms with Crippen molar-refractivity contribution in [3.8, 4) is 0 Å². The van der Waals surface area contributed by atoms with E-state index in [2.05, 4.69) is 25.4 Å². The van der Waals surface area contributed by atoms with Crippen molar-refractivity contribution in [3.63, 3.8) is 0 Å². The molecule has 0 saturated carbocycles. The van der Waals surface area contributed by atoms with Gasteiger partial charge in [0.05, 0.1) is 10.7 Å². The molecular weight excluding hydrogens is 346 g/mol. The van der Waals surface area contributed by atoms with Crippen LogP contribution in [-0.2, 0) is 0 Å². The van der Waals surface area contributed by atoms with Crippen molar-refractivity contribution in [3.05, 3.63) is 57.1 Å². The Labute approximate surface area is 145 Å². The van der Waals surface area contributed by atoms with Crippen LogP contribution in [0.5, 0.6) is 0 Å². The van der Waals surface area contributed by atoms with Crippen LogP contribution < -0.4 is 10.9 Å². The number of H-pyrrole nitrogens is 1. The van der Waals surface area contributed by atoms with Crippen LogP contribution in [0.15, 0.2) is 29.3 Å². The van der Waals surface area contributed by atoms with Gasteiger partial charge in [0, 0.05) is 12.4 Å². The highest BCUT2D eigenvalue weighted by Gasteiger charge is 2.17. The number of carbonyl (C=O) groups excluding carboxylic acids is 1. The second kappa shape index (κ2) is 5.42. The number of aromatic amines is 1. The third-order valence-electron chi connectivity index (χ3n) is 3.67. The summed E-state index contributed by atoms with van der Waals surface area (Å²) in [6.07, 6.45) is 3.18. The Kier molecular flexibility index (Phi) is 3.32. The van der Waals surface area contributed by atoms with Crippen molar-refractivity contribution in [1.29, 1.82) is 0 Å². The maximum atomic E-state index is 12.5. The number of pyridine rings is 1. The number of carbonyl (C=O) groups is 1. The molecule has 0 saturated heterocycles. The van der Waals surface area contributed by atoms with Crippen LogP contribution in [0.25, 0.3) is 11.4 Å². The van der Waals surface area contributed by atoms with Crippen LogP contribution in [0.2, 0.25) is 5.02 Å². The number of nitrogens with one attached hydrogen (secondary N) is 2. The zero-order valence-electron chi connectivity index (χ0n) is 13.2. The summed E-state index contributed by atoms with van der Waals surface area (Å²) in [4.78, 5) is 37.6. The van der Waals surface area contributed by atoms with E-state index in [1.165, 1.54) is 10.7 Å². The van der Waals surface area contributed by atoms with Gasteiger partial charge in [-0.05, 0) is 26.0 Å². The van der Waals surface area contributed by atoms with Gasteiger partial charge in [-0.15, -0.1) is 0 Å². The lowest BCUT2D eigenvalue weighted by Gasteiger charge is -2.05. The number of rotatable bonds is 2. The number of anilines is 1. The fourth-order valence-corrected chi connectivity index (χ4v) is 2.69. The number of halogens is 1. The normalized spacial score (nSPS) is 11.3. The maximum Gasteiger partial charge on any atom is 0.298 e. The summed E-state index contributed by atoms with van der Waals surface area (Å²) in [7, 11) is 0. The number of fused-ring (bicyclic) bond motifs is 2. The average molecular weight is 358 g/mol. The van der Waals surface area contributed by atoms with Crippen molar-refractivity contribution in [1.82, 2.24) is 29.0 Å². The van der Waals surface area contributed by atoms with Gasteiger partial charge in [-0.3, -0.25) is 14.7 Å². The van der Waals surface area contributed by atoms with Gasteiger partial charge in [0.1, 0.15) is 22.9 Å². The molecule has 4 aromatic heterocycles. The summed E-state index contributed by atoms with van der Waals surface area (Å²) in [5.74, 6) is 0.281. The van der Waals surface area contributed by atoms with Crippen molar-refractivity contribution in [2.24, 2.45) is 0 Å². The molecule has 0 unspecified atom stereocenters. The second-order valence-electron chi connectivity index (χ2n) is 5.51. The number of aryl methyl sites for hydroxylation is 2. The number of hydrogen-bond donors (Lipinski definition) is 2. The van der Waals surface area contributed by atoms with Gasteiger partial charge in [-0.25, -0.2) is 9.97 Å². The van der Waals surface area contributed by atoms with Crippen LogP contribution in [0.4, 0.5) is 5.69 Å². The average Bonchev–Trinajstić information content (AvgIpc) is 3.13. The largest absolute Gasteiger partial charge is 0.314 e. The molecule has 1 amide bonds. The third kappa shape index (κ3) is 2.54. The van der Waals surface area contributed by atoms with Crippen LogP contribution in [0, 0.1) is 13.8 Å². The zero-order chi connectivity index (χ0) is 17.7. The topological polar surface area (TPSA) is 109 Å². The lowest BCUT2D eigenvalue weighted by Crippen LogP contribution is -2.25. The second-order valence-corrected chi connectivity index (χ2v) is 5.95. The van der Waals surface area contributed by atoms with Gasteiger partial charge in [0.15, 0.2) is 0 Å². The summed E-state index contributed by atoms with van der Waals surface area (Å²) >= 11 is 5.93. The van der Waals surface area contributed by atoms with Gasteiger partial charge in [-0.2, -0.15) is 9.50 Å². The fraction of sp³-hybridized carbons (Fsp3) is 0.133. The first kappa shape index (κ1) is 15.3. The van der Waals surface area contributed by atoms with Gasteiger partial charge in [0.25, 0.3) is 17.2 Å². The van der Waals surface area contributed by atoms with E-state index in [0.29, 0.717) is 22.2 Å². The zero-order valence-corrected chi connectivity index (χ0v) is 14.0. The molecule has 2 N–H and O–H groups in total. The predicted octanol–water partition coefficient (Wildman–Crippen LogP) is 1.59. The third-order valence-corrected chi connectivity index (χ3v) is 3.90. The quantitative estimate of drug-likeness (QED) is 0.566. The number of nitrogens with zero attached hydrogens (tertiary/aromatic N) is 5. The molecule has 0 fully saturated rings. The van der Waals surface area contributed by atoms with E-state index in [1.54, 1.807) is 36.6 Å². The molecule has 10 heteroatoms. The summed E-state index contributed by atoms with van der Waals surface area (Å²) in [6, 6.07) is 3.38. The first-order valence-corrected chi connectivity index (χ1v) is 7.72. The maximum absolute atomic E-state index is 12.5. The smallest absolute Gasteiger partial charge is 0.298 e. The van der Waals surface area contributed by atoms with Crippen LogP contribution >= 0.6 is 11.6 Å². The molecular formula is C15H12ClN7O2.